The van der Waals surface area contributed by atoms with Crippen molar-refractivity contribution in [3.05, 3.63) is 58.1 Å². The first kappa shape index (κ1) is 25.2. The first-order chi connectivity index (χ1) is 15.1. The largest absolute Gasteiger partial charge is 0.507 e. The zero-order valence-electron chi connectivity index (χ0n) is 19.2. The van der Waals surface area contributed by atoms with Crippen molar-refractivity contribution in [1.29, 1.82) is 0 Å². The number of carboxylic acid groups (broad SMARTS) is 2. The molecule has 7 nitrogen and oxygen atoms in total. The number of carbonyl (C=O) groups is 2. The molecule has 2 aromatic carbocycles. The van der Waals surface area contributed by atoms with Crippen molar-refractivity contribution >= 4 is 11.9 Å². The molecule has 0 spiro atoms. The predicted octanol–water partition coefficient (Wildman–Crippen LogP) is 3.78. The summed E-state index contributed by atoms with van der Waals surface area (Å²) >= 11 is 0. The standard InChI is InChI=1S/C23H31NO2.C2H2O4/c1-16-17(2)22-20(18(3)21(16)25)12-13-23(4,26-22)15-24-14-8-11-19-9-6-5-7-10-19;3-1(4)2(5)6/h5-7,9-10,24-25H,8,11-15H2,1-4H3;(H,3,4)(H,5,6). The topological polar surface area (TPSA) is 116 Å². The fraction of sp³-hybridized carbons (Fsp3) is 0.440. The number of rotatable bonds is 6. The summed E-state index contributed by atoms with van der Waals surface area (Å²) in [6.07, 6.45) is 4.15. The number of ether oxygens (including phenoxy) is 1. The summed E-state index contributed by atoms with van der Waals surface area (Å²) < 4.78 is 6.46. The number of aliphatic carboxylic acids is 2. The lowest BCUT2D eigenvalue weighted by Gasteiger charge is -2.38. The van der Waals surface area contributed by atoms with Gasteiger partial charge in [-0.25, -0.2) is 9.59 Å². The minimum absolute atomic E-state index is 0.194. The molecule has 32 heavy (non-hydrogen) atoms. The maximum Gasteiger partial charge on any atom is 0.414 e. The normalized spacial score (nSPS) is 16.9. The fourth-order valence-electron chi connectivity index (χ4n) is 3.83. The molecule has 7 heteroatoms. The Morgan fingerprint density at radius 3 is 2.25 bits per heavy atom. The minimum Gasteiger partial charge on any atom is -0.507 e. The van der Waals surface area contributed by atoms with Gasteiger partial charge in [-0.1, -0.05) is 30.3 Å². The highest BCUT2D eigenvalue weighted by Crippen LogP contribution is 2.43. The van der Waals surface area contributed by atoms with Crippen LogP contribution >= 0.6 is 0 Å². The quantitative estimate of drug-likeness (QED) is 0.397. The van der Waals surface area contributed by atoms with Crippen molar-refractivity contribution in [3.63, 3.8) is 0 Å². The smallest absolute Gasteiger partial charge is 0.414 e. The van der Waals surface area contributed by atoms with E-state index >= 15 is 0 Å². The second-order valence-electron chi connectivity index (χ2n) is 8.46. The third kappa shape index (κ3) is 6.47. The van der Waals surface area contributed by atoms with E-state index < -0.39 is 11.9 Å². The molecular weight excluding hydrogens is 410 g/mol. The van der Waals surface area contributed by atoms with E-state index in [4.69, 9.17) is 24.5 Å². The highest BCUT2D eigenvalue weighted by atomic mass is 16.5. The zero-order valence-corrected chi connectivity index (χ0v) is 19.2. The van der Waals surface area contributed by atoms with E-state index in [1.165, 1.54) is 11.1 Å². The lowest BCUT2D eigenvalue weighted by atomic mass is 9.87. The second kappa shape index (κ2) is 11.0. The summed E-state index contributed by atoms with van der Waals surface area (Å²) in [5, 5.41) is 28.7. The van der Waals surface area contributed by atoms with Gasteiger partial charge in [0.15, 0.2) is 0 Å². The van der Waals surface area contributed by atoms with E-state index in [1.807, 2.05) is 20.8 Å². The lowest BCUT2D eigenvalue weighted by Crippen LogP contribution is -2.46. The van der Waals surface area contributed by atoms with Crippen molar-refractivity contribution in [2.24, 2.45) is 0 Å². The molecular formula is C25H33NO6. The molecule has 1 atom stereocenters. The van der Waals surface area contributed by atoms with Crippen LogP contribution in [-0.4, -0.2) is 45.9 Å². The summed E-state index contributed by atoms with van der Waals surface area (Å²) in [6.45, 7) is 10.0. The van der Waals surface area contributed by atoms with Gasteiger partial charge >= 0.3 is 11.9 Å². The SMILES string of the molecule is Cc1c(C)c2c(c(C)c1O)CCC(C)(CNCCCc1ccccc1)O2.O=C(O)C(=O)O. The van der Waals surface area contributed by atoms with Crippen LogP contribution in [0.3, 0.4) is 0 Å². The van der Waals surface area contributed by atoms with Crippen molar-refractivity contribution < 1.29 is 29.6 Å². The third-order valence-electron chi connectivity index (χ3n) is 5.94. The van der Waals surface area contributed by atoms with Gasteiger partial charge in [-0.15, -0.1) is 0 Å². The molecule has 0 saturated heterocycles. The molecule has 2 aromatic rings. The first-order valence-electron chi connectivity index (χ1n) is 10.8. The van der Waals surface area contributed by atoms with Crippen LogP contribution in [0.25, 0.3) is 0 Å². The van der Waals surface area contributed by atoms with Crippen LogP contribution in [0.1, 0.15) is 47.6 Å². The Labute approximate surface area is 189 Å². The molecule has 1 aliphatic heterocycles. The molecule has 1 heterocycles. The number of nitrogens with one attached hydrogen (secondary N) is 1. The first-order valence-corrected chi connectivity index (χ1v) is 10.8. The van der Waals surface area contributed by atoms with Gasteiger partial charge < -0.3 is 25.4 Å². The van der Waals surface area contributed by atoms with Gasteiger partial charge in [0, 0.05) is 12.1 Å². The Morgan fingerprint density at radius 1 is 1.03 bits per heavy atom. The van der Waals surface area contributed by atoms with Crippen molar-refractivity contribution in [1.82, 2.24) is 5.32 Å². The van der Waals surface area contributed by atoms with Crippen molar-refractivity contribution in [3.8, 4) is 11.5 Å². The summed E-state index contributed by atoms with van der Waals surface area (Å²) in [7, 11) is 0. The van der Waals surface area contributed by atoms with Crippen LogP contribution in [0.4, 0.5) is 0 Å². The molecule has 1 unspecified atom stereocenters. The molecule has 0 fully saturated rings. The lowest BCUT2D eigenvalue weighted by molar-refractivity contribution is -0.159. The summed E-state index contributed by atoms with van der Waals surface area (Å²) in [5.74, 6) is -2.24. The Balaban J connectivity index is 0.000000534. The van der Waals surface area contributed by atoms with Crippen LogP contribution in [0.15, 0.2) is 30.3 Å². The Morgan fingerprint density at radius 2 is 1.66 bits per heavy atom. The van der Waals surface area contributed by atoms with Crippen LogP contribution in [0.5, 0.6) is 11.5 Å². The Kier molecular flexibility index (Phi) is 8.66. The van der Waals surface area contributed by atoms with Crippen LogP contribution in [-0.2, 0) is 22.4 Å². The van der Waals surface area contributed by atoms with Crippen LogP contribution in [0, 0.1) is 20.8 Å². The highest BCUT2D eigenvalue weighted by molar-refractivity contribution is 6.27. The molecule has 1 aliphatic rings. The van der Waals surface area contributed by atoms with E-state index in [1.54, 1.807) is 0 Å². The molecule has 3 rings (SSSR count). The molecule has 174 valence electrons. The maximum absolute atomic E-state index is 10.3. The van der Waals surface area contributed by atoms with Crippen LogP contribution < -0.4 is 10.1 Å². The third-order valence-corrected chi connectivity index (χ3v) is 5.94. The minimum atomic E-state index is -1.82. The van der Waals surface area contributed by atoms with Gasteiger partial charge in [-0.05, 0) is 82.2 Å². The average Bonchev–Trinajstić information content (AvgIpc) is 2.77. The second-order valence-corrected chi connectivity index (χ2v) is 8.46. The predicted molar refractivity (Wildman–Crippen MR) is 123 cm³/mol. The monoisotopic (exact) mass is 443 g/mol. The average molecular weight is 444 g/mol. The van der Waals surface area contributed by atoms with Crippen LogP contribution in [0.2, 0.25) is 0 Å². The van der Waals surface area contributed by atoms with Gasteiger partial charge in [0.05, 0.1) is 0 Å². The number of phenolic OH excluding ortho intramolecular Hbond substituents is 1. The van der Waals surface area contributed by atoms with E-state index in [-0.39, 0.29) is 5.60 Å². The Bertz CT molecular complexity index is 945. The number of hydrogen-bond donors (Lipinski definition) is 4. The van der Waals surface area contributed by atoms with E-state index in [0.717, 1.165) is 61.2 Å². The number of carboxylic acids is 2. The van der Waals surface area contributed by atoms with E-state index in [9.17, 15) is 5.11 Å². The molecule has 0 bridgehead atoms. The molecule has 4 N–H and O–H groups in total. The molecule has 0 amide bonds. The van der Waals surface area contributed by atoms with E-state index in [0.29, 0.717) is 5.75 Å². The molecule has 0 aliphatic carbocycles. The van der Waals surface area contributed by atoms with Crippen molar-refractivity contribution in [2.75, 3.05) is 13.1 Å². The number of aryl methyl sites for hydroxylation is 1. The highest BCUT2D eigenvalue weighted by Gasteiger charge is 2.34. The Hall–Kier alpha value is -3.06. The number of phenols is 1. The summed E-state index contributed by atoms with van der Waals surface area (Å²) in [6, 6.07) is 10.6. The van der Waals surface area contributed by atoms with Gasteiger partial charge in [0.2, 0.25) is 0 Å². The molecule has 0 radical (unpaired) electrons. The van der Waals surface area contributed by atoms with Crippen molar-refractivity contribution in [2.45, 2.75) is 59.0 Å². The van der Waals surface area contributed by atoms with Gasteiger partial charge in [0.1, 0.15) is 17.1 Å². The molecule has 0 aromatic heterocycles. The summed E-state index contributed by atoms with van der Waals surface area (Å²) in [5.41, 5.74) is 5.35. The van der Waals surface area contributed by atoms with Gasteiger partial charge in [-0.2, -0.15) is 0 Å². The number of aromatic hydroxyl groups is 1. The number of hydrogen-bond acceptors (Lipinski definition) is 5. The maximum atomic E-state index is 10.3. The van der Waals surface area contributed by atoms with E-state index in [2.05, 4.69) is 42.6 Å². The van der Waals surface area contributed by atoms with Gasteiger partial charge in [0.25, 0.3) is 0 Å². The van der Waals surface area contributed by atoms with Gasteiger partial charge in [-0.3, -0.25) is 0 Å². The summed E-state index contributed by atoms with van der Waals surface area (Å²) in [4.78, 5) is 18.2. The zero-order chi connectivity index (χ0) is 23.9. The molecule has 0 saturated carbocycles. The number of fused-ring (bicyclic) bond motifs is 1. The number of benzene rings is 2. The fourth-order valence-corrected chi connectivity index (χ4v) is 3.83.